The van der Waals surface area contributed by atoms with Crippen molar-refractivity contribution >= 4 is 11.9 Å². The van der Waals surface area contributed by atoms with Gasteiger partial charge in [0.05, 0.1) is 12.6 Å². The molecule has 242 valence electrons. The van der Waals surface area contributed by atoms with Crippen LogP contribution in [0.25, 0.3) is 0 Å². The number of allylic oxidation sites excluding steroid dienone is 1. The van der Waals surface area contributed by atoms with Crippen molar-refractivity contribution in [3.63, 3.8) is 0 Å². The zero-order valence-electron chi connectivity index (χ0n) is 27.6. The van der Waals surface area contributed by atoms with Crippen molar-refractivity contribution in [2.45, 2.75) is 200 Å². The lowest BCUT2D eigenvalue weighted by molar-refractivity contribution is -0.146. The number of aliphatic hydroxyl groups is 1. The highest BCUT2D eigenvalue weighted by Gasteiger charge is 2.23. The molecule has 0 bridgehead atoms. The normalized spacial score (nSPS) is 13.0. The fraction of sp³-hybridized carbons (Fsp3) is 0.889. The Hall–Kier alpha value is -1.36. The van der Waals surface area contributed by atoms with Gasteiger partial charge in [-0.05, 0) is 25.3 Å². The number of unbranched alkanes of at least 4 members (excludes halogenated alkanes) is 23. The molecule has 41 heavy (non-hydrogen) atoms. The Bertz CT molecular complexity index is 606. The minimum atomic E-state index is -0.638. The fourth-order valence-electron chi connectivity index (χ4n) is 5.42. The molecule has 0 aliphatic rings. The lowest BCUT2D eigenvalue weighted by Crippen LogP contribution is -2.46. The number of ether oxygens (including phenoxy) is 1. The van der Waals surface area contributed by atoms with Crippen molar-refractivity contribution in [3.8, 4) is 0 Å². The zero-order valence-corrected chi connectivity index (χ0v) is 27.6. The summed E-state index contributed by atoms with van der Waals surface area (Å²) in [4.78, 5) is 24.2. The third kappa shape index (κ3) is 28.5. The average molecular weight is 580 g/mol. The van der Waals surface area contributed by atoms with Gasteiger partial charge >= 0.3 is 5.97 Å². The maximum atomic E-state index is 12.5. The molecule has 0 saturated carbocycles. The van der Waals surface area contributed by atoms with Crippen LogP contribution in [-0.4, -0.2) is 35.7 Å². The number of esters is 1. The summed E-state index contributed by atoms with van der Waals surface area (Å²) in [6.07, 6.45) is 35.6. The first-order valence-electron chi connectivity index (χ1n) is 17.8. The van der Waals surface area contributed by atoms with Gasteiger partial charge in [0.2, 0.25) is 5.91 Å². The van der Waals surface area contributed by atoms with Gasteiger partial charge in [-0.3, -0.25) is 9.59 Å². The van der Waals surface area contributed by atoms with E-state index in [1.165, 1.54) is 142 Å². The van der Waals surface area contributed by atoms with E-state index < -0.39 is 18.1 Å². The van der Waals surface area contributed by atoms with Crippen molar-refractivity contribution in [1.82, 2.24) is 5.32 Å². The van der Waals surface area contributed by atoms with E-state index in [1.54, 1.807) is 0 Å². The van der Waals surface area contributed by atoms with Crippen LogP contribution < -0.4 is 5.32 Å². The van der Waals surface area contributed by atoms with Crippen LogP contribution >= 0.6 is 0 Å². The zero-order chi connectivity index (χ0) is 30.2. The van der Waals surface area contributed by atoms with Gasteiger partial charge in [0.25, 0.3) is 0 Å². The van der Waals surface area contributed by atoms with Crippen LogP contribution in [0.2, 0.25) is 0 Å². The highest BCUT2D eigenvalue weighted by molar-refractivity contribution is 5.76. The highest BCUT2D eigenvalue weighted by Crippen LogP contribution is 2.14. The van der Waals surface area contributed by atoms with Crippen LogP contribution in [-0.2, 0) is 14.3 Å². The first-order chi connectivity index (χ1) is 20.0. The number of carbonyl (C=O) groups excluding carboxylic acids is 2. The summed E-state index contributed by atoms with van der Waals surface area (Å²) in [5.74, 6) is -0.485. The lowest BCUT2D eigenvalue weighted by Gasteiger charge is -2.24. The van der Waals surface area contributed by atoms with Crippen LogP contribution in [0.15, 0.2) is 12.2 Å². The van der Waals surface area contributed by atoms with Gasteiger partial charge in [0, 0.05) is 13.3 Å². The molecule has 0 spiro atoms. The van der Waals surface area contributed by atoms with Crippen molar-refractivity contribution in [1.29, 1.82) is 0 Å². The predicted octanol–water partition coefficient (Wildman–Crippen LogP) is 10.1. The lowest BCUT2D eigenvalue weighted by atomic mass is 10.0. The molecule has 0 aromatic carbocycles. The minimum absolute atomic E-state index is 0.0805. The second-order valence-corrected chi connectivity index (χ2v) is 12.2. The first-order valence-corrected chi connectivity index (χ1v) is 17.8. The van der Waals surface area contributed by atoms with Gasteiger partial charge in [-0.15, -0.1) is 0 Å². The minimum Gasteiger partial charge on any atom is -0.456 e. The Morgan fingerprint density at radius 3 is 1.41 bits per heavy atom. The Kier molecular flexibility index (Phi) is 30.5. The van der Waals surface area contributed by atoms with Crippen LogP contribution in [0.1, 0.15) is 188 Å². The second kappa shape index (κ2) is 31.6. The van der Waals surface area contributed by atoms with Crippen LogP contribution in [0.5, 0.6) is 0 Å². The van der Waals surface area contributed by atoms with E-state index in [9.17, 15) is 14.7 Å². The van der Waals surface area contributed by atoms with Gasteiger partial charge in [-0.2, -0.15) is 0 Å². The summed E-state index contributed by atoms with van der Waals surface area (Å²) in [5, 5.41) is 12.8. The third-order valence-corrected chi connectivity index (χ3v) is 8.05. The van der Waals surface area contributed by atoms with Crippen LogP contribution in [0.4, 0.5) is 0 Å². The second-order valence-electron chi connectivity index (χ2n) is 12.2. The van der Waals surface area contributed by atoms with Gasteiger partial charge < -0.3 is 15.2 Å². The van der Waals surface area contributed by atoms with Crippen molar-refractivity contribution in [2.75, 3.05) is 6.61 Å². The molecule has 0 rings (SSSR count). The Morgan fingerprint density at radius 2 is 1.02 bits per heavy atom. The molecule has 0 saturated heterocycles. The summed E-state index contributed by atoms with van der Waals surface area (Å²) in [6, 6.07) is -0.609. The summed E-state index contributed by atoms with van der Waals surface area (Å²) >= 11 is 0. The number of rotatable bonds is 31. The molecule has 0 unspecified atom stereocenters. The topological polar surface area (TPSA) is 75.6 Å². The smallest absolute Gasteiger partial charge is 0.303 e. The summed E-state index contributed by atoms with van der Waals surface area (Å²) < 4.78 is 5.43. The van der Waals surface area contributed by atoms with Gasteiger partial charge in [-0.25, -0.2) is 0 Å². The predicted molar refractivity (Wildman–Crippen MR) is 175 cm³/mol. The van der Waals surface area contributed by atoms with E-state index in [0.29, 0.717) is 6.42 Å². The molecule has 0 radical (unpaired) electrons. The molecule has 0 aromatic rings. The van der Waals surface area contributed by atoms with Crippen molar-refractivity contribution in [2.24, 2.45) is 0 Å². The maximum absolute atomic E-state index is 12.5. The molecule has 0 aliphatic heterocycles. The van der Waals surface area contributed by atoms with E-state index in [2.05, 4.69) is 19.2 Å². The summed E-state index contributed by atoms with van der Waals surface area (Å²) in [5.41, 5.74) is 0. The van der Waals surface area contributed by atoms with Gasteiger partial charge in [0.15, 0.2) is 0 Å². The van der Waals surface area contributed by atoms with Crippen molar-refractivity contribution in [3.05, 3.63) is 12.2 Å². The molecule has 0 aliphatic carbocycles. The molecule has 2 atom stereocenters. The largest absolute Gasteiger partial charge is 0.456 e. The quantitative estimate of drug-likeness (QED) is 0.0487. The number of hydrogen-bond donors (Lipinski definition) is 2. The number of nitrogens with one attached hydrogen (secondary N) is 1. The number of aliphatic hydroxyl groups excluding tert-OH is 1. The van der Waals surface area contributed by atoms with E-state index in [0.717, 1.165) is 25.7 Å². The molecule has 5 heteroatoms. The van der Waals surface area contributed by atoms with Crippen LogP contribution in [0, 0.1) is 0 Å². The van der Waals surface area contributed by atoms with E-state index in [-0.39, 0.29) is 12.5 Å². The van der Waals surface area contributed by atoms with E-state index in [4.69, 9.17) is 4.74 Å². The highest BCUT2D eigenvalue weighted by atomic mass is 16.5. The molecule has 0 aromatic heterocycles. The molecule has 1 amide bonds. The molecular formula is C36H69NO4. The van der Waals surface area contributed by atoms with E-state index >= 15 is 0 Å². The molecule has 2 N–H and O–H groups in total. The monoisotopic (exact) mass is 580 g/mol. The standard InChI is InChI=1S/C36H69NO4/c1-4-6-8-10-12-14-16-18-20-22-24-26-28-30-35(41-33(3)39)34(32-38)37-36(40)31-29-27-25-23-21-19-17-15-13-11-9-7-5-2/h28,30,34-35,38H,4-27,29,31-32H2,1-3H3,(H,37,40)/b30-28+/t34-,35+/m0/s1. The van der Waals surface area contributed by atoms with Crippen molar-refractivity contribution < 1.29 is 19.4 Å². The van der Waals surface area contributed by atoms with Gasteiger partial charge in [0.1, 0.15) is 6.10 Å². The number of carbonyl (C=O) groups is 2. The molecule has 5 nitrogen and oxygen atoms in total. The summed E-state index contributed by atoms with van der Waals surface area (Å²) in [7, 11) is 0. The fourth-order valence-corrected chi connectivity index (χ4v) is 5.42. The Morgan fingerprint density at radius 1 is 0.634 bits per heavy atom. The Balaban J connectivity index is 4.01. The maximum Gasteiger partial charge on any atom is 0.303 e. The number of amides is 1. The SMILES string of the molecule is CCCCCCCCCCCCC/C=C/[C@@H](OC(C)=O)[C@H](CO)NC(=O)CCCCCCCCCCCCCCC. The third-order valence-electron chi connectivity index (χ3n) is 8.05. The molecular weight excluding hydrogens is 510 g/mol. The first kappa shape index (κ1) is 39.6. The molecule has 0 fully saturated rings. The summed E-state index contributed by atoms with van der Waals surface area (Å²) in [6.45, 7) is 5.63. The van der Waals surface area contributed by atoms with Gasteiger partial charge in [-0.1, -0.05) is 161 Å². The number of hydrogen-bond acceptors (Lipinski definition) is 4. The van der Waals surface area contributed by atoms with E-state index in [1.807, 2.05) is 12.2 Å². The average Bonchev–Trinajstić information content (AvgIpc) is 2.95. The molecule has 0 heterocycles. The Labute approximate surface area is 255 Å². The van der Waals surface area contributed by atoms with Crippen LogP contribution in [0.3, 0.4) is 0 Å².